The van der Waals surface area contributed by atoms with Crippen molar-refractivity contribution in [1.29, 1.82) is 0 Å². The largest absolute Gasteiger partial charge is 0.353 e. The minimum Gasteiger partial charge on any atom is -0.353 e. The van der Waals surface area contributed by atoms with Crippen molar-refractivity contribution in [2.75, 3.05) is 19.6 Å². The Morgan fingerprint density at radius 3 is 2.79 bits per heavy atom. The molecule has 0 aliphatic carbocycles. The molecular formula is C15H31N3O. The molecule has 4 heteroatoms. The number of likely N-dealkylation sites (tertiary alicyclic amines) is 1. The number of nitrogens with two attached hydrogens (primary N) is 1. The second-order valence-corrected chi connectivity index (χ2v) is 6.56. The summed E-state index contributed by atoms with van der Waals surface area (Å²) in [5.41, 5.74) is 5.32. The van der Waals surface area contributed by atoms with Gasteiger partial charge in [0.25, 0.3) is 0 Å². The topological polar surface area (TPSA) is 58.4 Å². The third-order valence-corrected chi connectivity index (χ3v) is 3.89. The lowest BCUT2D eigenvalue weighted by Gasteiger charge is -2.28. The van der Waals surface area contributed by atoms with E-state index in [1.54, 1.807) is 0 Å². The zero-order valence-corrected chi connectivity index (χ0v) is 13.0. The molecule has 0 saturated carbocycles. The van der Waals surface area contributed by atoms with Gasteiger partial charge in [0.05, 0.1) is 5.54 Å². The molecule has 0 radical (unpaired) electrons. The lowest BCUT2D eigenvalue weighted by molar-refractivity contribution is -0.126. The first kappa shape index (κ1) is 16.4. The van der Waals surface area contributed by atoms with Crippen molar-refractivity contribution in [3.63, 3.8) is 0 Å². The number of nitrogens with one attached hydrogen (secondary N) is 1. The van der Waals surface area contributed by atoms with Crippen molar-refractivity contribution in [3.8, 4) is 0 Å². The molecule has 1 aliphatic rings. The lowest BCUT2D eigenvalue weighted by Crippen LogP contribution is -2.53. The van der Waals surface area contributed by atoms with Crippen LogP contribution in [0.25, 0.3) is 0 Å². The molecule has 19 heavy (non-hydrogen) atoms. The fourth-order valence-corrected chi connectivity index (χ4v) is 2.88. The quantitative estimate of drug-likeness (QED) is 0.740. The number of hydrogen-bond donors (Lipinski definition) is 2. The van der Waals surface area contributed by atoms with Gasteiger partial charge in [-0.3, -0.25) is 9.69 Å². The van der Waals surface area contributed by atoms with Crippen LogP contribution in [0.15, 0.2) is 0 Å². The Kier molecular flexibility index (Phi) is 6.27. The summed E-state index contributed by atoms with van der Waals surface area (Å²) in [7, 11) is 0. The average molecular weight is 269 g/mol. The van der Waals surface area contributed by atoms with Gasteiger partial charge in [-0.05, 0) is 38.6 Å². The molecule has 1 fully saturated rings. The average Bonchev–Trinajstić information content (AvgIpc) is 2.72. The van der Waals surface area contributed by atoms with Crippen LogP contribution in [0.2, 0.25) is 0 Å². The Morgan fingerprint density at radius 2 is 2.21 bits per heavy atom. The Balaban J connectivity index is 2.41. The van der Waals surface area contributed by atoms with Gasteiger partial charge in [0, 0.05) is 19.1 Å². The molecule has 0 spiro atoms. The zero-order chi connectivity index (χ0) is 14.5. The number of carbonyl (C=O) groups excluding carboxylic acids is 1. The van der Waals surface area contributed by atoms with E-state index in [1.165, 1.54) is 12.8 Å². The number of nitrogens with zero attached hydrogens (tertiary/aromatic N) is 1. The molecule has 1 heterocycles. The summed E-state index contributed by atoms with van der Waals surface area (Å²) in [5, 5.41) is 3.05. The van der Waals surface area contributed by atoms with Gasteiger partial charge in [-0.1, -0.05) is 27.2 Å². The minimum absolute atomic E-state index is 0.00857. The highest BCUT2D eigenvalue weighted by atomic mass is 16.2. The predicted molar refractivity (Wildman–Crippen MR) is 79.9 cm³/mol. The van der Waals surface area contributed by atoms with Crippen LogP contribution < -0.4 is 11.1 Å². The Bertz CT molecular complexity index is 289. The van der Waals surface area contributed by atoms with Crippen molar-refractivity contribution in [2.45, 2.75) is 65.0 Å². The first-order valence-corrected chi connectivity index (χ1v) is 7.68. The van der Waals surface area contributed by atoms with Gasteiger partial charge < -0.3 is 11.1 Å². The second-order valence-electron chi connectivity index (χ2n) is 6.56. The SMILES string of the molecule is CCCC(C)(N)C(=O)NC[C@H]1CCCN1CC(C)C. The Hall–Kier alpha value is -0.610. The maximum atomic E-state index is 12.1. The van der Waals surface area contributed by atoms with Gasteiger partial charge in [0.2, 0.25) is 5.91 Å². The number of hydrogen-bond acceptors (Lipinski definition) is 3. The summed E-state index contributed by atoms with van der Waals surface area (Å²) in [6.07, 6.45) is 4.09. The fourth-order valence-electron chi connectivity index (χ4n) is 2.88. The first-order valence-electron chi connectivity index (χ1n) is 7.68. The summed E-state index contributed by atoms with van der Waals surface area (Å²) in [6, 6.07) is 0.490. The lowest BCUT2D eigenvalue weighted by atomic mass is 9.96. The van der Waals surface area contributed by atoms with E-state index in [0.29, 0.717) is 12.0 Å². The fraction of sp³-hybridized carbons (Fsp3) is 0.933. The number of rotatable bonds is 7. The highest BCUT2D eigenvalue weighted by molar-refractivity contribution is 5.85. The molecule has 1 aliphatic heterocycles. The van der Waals surface area contributed by atoms with Crippen LogP contribution in [0.1, 0.15) is 53.4 Å². The van der Waals surface area contributed by atoms with Gasteiger partial charge in [-0.15, -0.1) is 0 Å². The van der Waals surface area contributed by atoms with E-state index in [9.17, 15) is 4.79 Å². The molecular weight excluding hydrogens is 238 g/mol. The molecule has 4 nitrogen and oxygen atoms in total. The Labute approximate surface area is 118 Å². The standard InChI is InChI=1S/C15H31N3O/c1-5-8-15(4,16)14(19)17-10-13-7-6-9-18(13)11-12(2)3/h12-13H,5-11,16H2,1-4H3,(H,17,19)/t13-,15?/m1/s1. The second kappa shape index (κ2) is 7.25. The zero-order valence-electron chi connectivity index (χ0n) is 13.0. The van der Waals surface area contributed by atoms with E-state index in [2.05, 4.69) is 31.0 Å². The molecule has 0 aromatic carbocycles. The van der Waals surface area contributed by atoms with Gasteiger partial charge in [0.1, 0.15) is 0 Å². The summed E-state index contributed by atoms with van der Waals surface area (Å²) in [4.78, 5) is 14.6. The Morgan fingerprint density at radius 1 is 1.53 bits per heavy atom. The van der Waals surface area contributed by atoms with Crippen LogP contribution >= 0.6 is 0 Å². The van der Waals surface area contributed by atoms with Gasteiger partial charge >= 0.3 is 0 Å². The van der Waals surface area contributed by atoms with Crippen LogP contribution in [0.4, 0.5) is 0 Å². The molecule has 1 unspecified atom stereocenters. The van der Waals surface area contributed by atoms with Crippen LogP contribution in [-0.2, 0) is 4.79 Å². The third-order valence-electron chi connectivity index (χ3n) is 3.89. The monoisotopic (exact) mass is 269 g/mol. The first-order chi connectivity index (χ1) is 8.86. The van der Waals surface area contributed by atoms with Crippen LogP contribution in [0.3, 0.4) is 0 Å². The van der Waals surface area contributed by atoms with Gasteiger partial charge in [0.15, 0.2) is 0 Å². The smallest absolute Gasteiger partial charge is 0.239 e. The van der Waals surface area contributed by atoms with Crippen molar-refractivity contribution < 1.29 is 4.79 Å². The summed E-state index contributed by atoms with van der Waals surface area (Å²) < 4.78 is 0. The maximum absolute atomic E-state index is 12.1. The molecule has 1 rings (SSSR count). The van der Waals surface area contributed by atoms with Crippen molar-refractivity contribution in [2.24, 2.45) is 11.7 Å². The molecule has 3 N–H and O–H groups in total. The number of carbonyl (C=O) groups is 1. The van der Waals surface area contributed by atoms with Gasteiger partial charge in [-0.2, -0.15) is 0 Å². The molecule has 2 atom stereocenters. The summed E-state index contributed by atoms with van der Waals surface area (Å²) >= 11 is 0. The molecule has 112 valence electrons. The van der Waals surface area contributed by atoms with E-state index >= 15 is 0 Å². The highest BCUT2D eigenvalue weighted by Crippen LogP contribution is 2.18. The number of amides is 1. The molecule has 0 aromatic rings. The molecule has 1 saturated heterocycles. The van der Waals surface area contributed by atoms with E-state index in [4.69, 9.17) is 5.73 Å². The van der Waals surface area contributed by atoms with E-state index in [1.807, 2.05) is 6.92 Å². The summed E-state index contributed by atoms with van der Waals surface area (Å²) in [6.45, 7) is 11.4. The van der Waals surface area contributed by atoms with E-state index in [-0.39, 0.29) is 5.91 Å². The highest BCUT2D eigenvalue weighted by Gasteiger charge is 2.30. The maximum Gasteiger partial charge on any atom is 0.239 e. The van der Waals surface area contributed by atoms with E-state index < -0.39 is 5.54 Å². The van der Waals surface area contributed by atoms with Crippen LogP contribution in [-0.4, -0.2) is 42.0 Å². The van der Waals surface area contributed by atoms with E-state index in [0.717, 1.165) is 32.5 Å². The van der Waals surface area contributed by atoms with Crippen LogP contribution in [0, 0.1) is 5.92 Å². The minimum atomic E-state index is -0.726. The molecule has 0 bridgehead atoms. The third kappa shape index (κ3) is 5.11. The normalized spacial score (nSPS) is 23.6. The van der Waals surface area contributed by atoms with Crippen molar-refractivity contribution in [3.05, 3.63) is 0 Å². The summed E-state index contributed by atoms with van der Waals surface area (Å²) in [5.74, 6) is 0.668. The van der Waals surface area contributed by atoms with Crippen molar-refractivity contribution in [1.82, 2.24) is 10.2 Å². The van der Waals surface area contributed by atoms with Crippen molar-refractivity contribution >= 4 is 5.91 Å². The predicted octanol–water partition coefficient (Wildman–Crippen LogP) is 1.74. The van der Waals surface area contributed by atoms with Gasteiger partial charge in [-0.25, -0.2) is 0 Å². The van der Waals surface area contributed by atoms with Crippen LogP contribution in [0.5, 0.6) is 0 Å². The molecule has 0 aromatic heterocycles. The molecule has 1 amide bonds.